The SMILES string of the molecule is c1ccc(-n2cc(CNCCc3ccccn3)c(-c3ccc4c(c3)OCO4)n2)cc1. The molecule has 5 rings (SSSR count). The van der Waals surface area contributed by atoms with Crippen molar-refractivity contribution >= 4 is 0 Å². The molecule has 1 aliphatic rings. The lowest BCUT2D eigenvalue weighted by atomic mass is 10.1. The molecule has 0 unspecified atom stereocenters. The molecule has 0 radical (unpaired) electrons. The van der Waals surface area contributed by atoms with Crippen molar-refractivity contribution in [2.75, 3.05) is 13.3 Å². The number of hydrogen-bond acceptors (Lipinski definition) is 5. The van der Waals surface area contributed by atoms with E-state index in [2.05, 4.69) is 28.6 Å². The summed E-state index contributed by atoms with van der Waals surface area (Å²) in [7, 11) is 0. The first kappa shape index (κ1) is 18.4. The van der Waals surface area contributed by atoms with Gasteiger partial charge in [0.05, 0.1) is 11.4 Å². The smallest absolute Gasteiger partial charge is 0.231 e. The third-order valence-electron chi connectivity index (χ3n) is 5.06. The van der Waals surface area contributed by atoms with Gasteiger partial charge in [-0.05, 0) is 42.5 Å². The highest BCUT2D eigenvalue weighted by atomic mass is 16.7. The zero-order chi connectivity index (χ0) is 20.2. The van der Waals surface area contributed by atoms with Crippen LogP contribution in [0.1, 0.15) is 11.3 Å². The van der Waals surface area contributed by atoms with Gasteiger partial charge < -0.3 is 14.8 Å². The zero-order valence-electron chi connectivity index (χ0n) is 16.5. The molecule has 1 aliphatic heterocycles. The van der Waals surface area contributed by atoms with Crippen LogP contribution in [0.4, 0.5) is 0 Å². The van der Waals surface area contributed by atoms with Gasteiger partial charge in [0.1, 0.15) is 0 Å². The van der Waals surface area contributed by atoms with E-state index in [0.29, 0.717) is 6.54 Å². The molecule has 0 spiro atoms. The molecule has 6 heteroatoms. The van der Waals surface area contributed by atoms with Crippen molar-refractivity contribution in [3.63, 3.8) is 0 Å². The lowest BCUT2D eigenvalue weighted by Crippen LogP contribution is -2.17. The lowest BCUT2D eigenvalue weighted by molar-refractivity contribution is 0.174. The Bertz CT molecular complexity index is 1130. The molecule has 150 valence electrons. The Labute approximate surface area is 175 Å². The number of aromatic nitrogens is 3. The van der Waals surface area contributed by atoms with Crippen molar-refractivity contribution in [2.24, 2.45) is 0 Å². The maximum absolute atomic E-state index is 5.56. The lowest BCUT2D eigenvalue weighted by Gasteiger charge is -2.06. The molecule has 0 bridgehead atoms. The molecule has 6 nitrogen and oxygen atoms in total. The van der Waals surface area contributed by atoms with Crippen LogP contribution in [0.3, 0.4) is 0 Å². The highest BCUT2D eigenvalue weighted by Crippen LogP contribution is 2.36. The van der Waals surface area contributed by atoms with Crippen molar-refractivity contribution in [2.45, 2.75) is 13.0 Å². The number of nitrogens with one attached hydrogen (secondary N) is 1. The predicted molar refractivity (Wildman–Crippen MR) is 115 cm³/mol. The fraction of sp³-hybridized carbons (Fsp3) is 0.167. The van der Waals surface area contributed by atoms with Gasteiger partial charge in [0.15, 0.2) is 11.5 Å². The normalized spacial score (nSPS) is 12.3. The summed E-state index contributed by atoms with van der Waals surface area (Å²) in [6.45, 7) is 1.82. The number of rotatable bonds is 7. The minimum Gasteiger partial charge on any atom is -0.454 e. The molecular weight excluding hydrogens is 376 g/mol. The van der Waals surface area contributed by atoms with E-state index in [-0.39, 0.29) is 6.79 Å². The van der Waals surface area contributed by atoms with Crippen LogP contribution < -0.4 is 14.8 Å². The van der Waals surface area contributed by atoms with Gasteiger partial charge in [0, 0.05) is 48.7 Å². The van der Waals surface area contributed by atoms with Gasteiger partial charge in [-0.15, -0.1) is 0 Å². The predicted octanol–water partition coefficient (Wildman–Crippen LogP) is 4.00. The van der Waals surface area contributed by atoms with Crippen LogP contribution in [-0.2, 0) is 13.0 Å². The first-order valence-electron chi connectivity index (χ1n) is 10.0. The zero-order valence-corrected chi connectivity index (χ0v) is 16.5. The summed E-state index contributed by atoms with van der Waals surface area (Å²) in [5.74, 6) is 1.53. The second kappa shape index (κ2) is 8.39. The van der Waals surface area contributed by atoms with Crippen LogP contribution in [0.15, 0.2) is 79.1 Å². The largest absolute Gasteiger partial charge is 0.454 e. The van der Waals surface area contributed by atoms with Gasteiger partial charge in [-0.25, -0.2) is 4.68 Å². The molecule has 0 amide bonds. The number of pyridine rings is 1. The van der Waals surface area contributed by atoms with Crippen LogP contribution in [0.5, 0.6) is 11.5 Å². The maximum atomic E-state index is 5.56. The topological polar surface area (TPSA) is 61.2 Å². The third-order valence-corrected chi connectivity index (χ3v) is 5.06. The molecule has 4 aromatic rings. The van der Waals surface area contributed by atoms with Crippen molar-refractivity contribution < 1.29 is 9.47 Å². The average molecular weight is 398 g/mol. The number of fused-ring (bicyclic) bond motifs is 1. The number of ether oxygens (including phenoxy) is 2. The van der Waals surface area contributed by atoms with Crippen molar-refractivity contribution in [1.82, 2.24) is 20.1 Å². The average Bonchev–Trinajstić information content (AvgIpc) is 3.44. The molecule has 0 saturated carbocycles. The van der Waals surface area contributed by atoms with Crippen LogP contribution in [0.2, 0.25) is 0 Å². The Morgan fingerprint density at radius 3 is 2.67 bits per heavy atom. The first-order valence-corrected chi connectivity index (χ1v) is 10.0. The summed E-state index contributed by atoms with van der Waals surface area (Å²) >= 11 is 0. The molecule has 30 heavy (non-hydrogen) atoms. The molecule has 0 atom stereocenters. The highest BCUT2D eigenvalue weighted by molar-refractivity contribution is 5.67. The maximum Gasteiger partial charge on any atom is 0.231 e. The standard InChI is InChI=1S/C24H22N4O2/c1-2-7-21(8-3-1)28-16-19(15-25-13-11-20-6-4-5-12-26-20)24(27-28)18-9-10-22-23(14-18)30-17-29-22/h1-10,12,14,16,25H,11,13,15,17H2. The molecule has 1 N–H and O–H groups in total. The van der Waals surface area contributed by atoms with E-state index in [1.54, 1.807) is 0 Å². The fourth-order valence-electron chi connectivity index (χ4n) is 3.52. The van der Waals surface area contributed by atoms with E-state index in [0.717, 1.165) is 52.7 Å². The summed E-state index contributed by atoms with van der Waals surface area (Å²) in [5.41, 5.74) is 5.18. The van der Waals surface area contributed by atoms with Crippen LogP contribution >= 0.6 is 0 Å². The Balaban J connectivity index is 1.39. The van der Waals surface area contributed by atoms with Crippen molar-refractivity contribution in [3.8, 4) is 28.4 Å². The van der Waals surface area contributed by atoms with E-state index in [1.165, 1.54) is 0 Å². The minimum absolute atomic E-state index is 0.263. The fourth-order valence-corrected chi connectivity index (χ4v) is 3.52. The van der Waals surface area contributed by atoms with E-state index >= 15 is 0 Å². The van der Waals surface area contributed by atoms with Crippen LogP contribution in [0.25, 0.3) is 16.9 Å². The third kappa shape index (κ3) is 3.90. The second-order valence-corrected chi connectivity index (χ2v) is 7.10. The van der Waals surface area contributed by atoms with Crippen LogP contribution in [-0.4, -0.2) is 28.1 Å². The monoisotopic (exact) mass is 398 g/mol. The quantitative estimate of drug-likeness (QED) is 0.477. The summed E-state index contributed by atoms with van der Waals surface area (Å²) in [6.07, 6.45) is 4.80. The number of para-hydroxylation sites is 1. The van der Waals surface area contributed by atoms with E-state index < -0.39 is 0 Å². The Morgan fingerprint density at radius 2 is 1.80 bits per heavy atom. The molecule has 0 saturated heterocycles. The van der Waals surface area contributed by atoms with Gasteiger partial charge >= 0.3 is 0 Å². The molecule has 0 aliphatic carbocycles. The van der Waals surface area contributed by atoms with Crippen molar-refractivity contribution in [3.05, 3.63) is 90.4 Å². The van der Waals surface area contributed by atoms with Gasteiger partial charge in [0.2, 0.25) is 6.79 Å². The van der Waals surface area contributed by atoms with E-state index in [1.807, 2.05) is 65.5 Å². The first-order chi connectivity index (χ1) is 14.9. The number of nitrogens with zero attached hydrogens (tertiary/aromatic N) is 3. The Hall–Kier alpha value is -3.64. The molecular formula is C24H22N4O2. The molecule has 2 aromatic heterocycles. The van der Waals surface area contributed by atoms with Gasteiger partial charge in [0.25, 0.3) is 0 Å². The van der Waals surface area contributed by atoms with Crippen LogP contribution in [0, 0.1) is 0 Å². The minimum atomic E-state index is 0.263. The Morgan fingerprint density at radius 1 is 0.933 bits per heavy atom. The molecule has 0 fully saturated rings. The number of hydrogen-bond donors (Lipinski definition) is 1. The number of benzene rings is 2. The summed E-state index contributed by atoms with van der Waals surface area (Å²) < 4.78 is 12.9. The van der Waals surface area contributed by atoms with Gasteiger partial charge in [-0.3, -0.25) is 4.98 Å². The Kier molecular flexibility index (Phi) is 5.14. The van der Waals surface area contributed by atoms with E-state index in [4.69, 9.17) is 14.6 Å². The van der Waals surface area contributed by atoms with E-state index in [9.17, 15) is 0 Å². The summed E-state index contributed by atoms with van der Waals surface area (Å²) in [6, 6.07) is 22.1. The van der Waals surface area contributed by atoms with Gasteiger partial charge in [-0.2, -0.15) is 5.10 Å². The molecule has 3 heterocycles. The highest BCUT2D eigenvalue weighted by Gasteiger charge is 2.18. The second-order valence-electron chi connectivity index (χ2n) is 7.10. The van der Waals surface area contributed by atoms with Gasteiger partial charge in [-0.1, -0.05) is 24.3 Å². The summed E-state index contributed by atoms with van der Waals surface area (Å²) in [5, 5.41) is 8.41. The molecule has 2 aromatic carbocycles. The summed E-state index contributed by atoms with van der Waals surface area (Å²) in [4.78, 5) is 4.38. The van der Waals surface area contributed by atoms with Crippen molar-refractivity contribution in [1.29, 1.82) is 0 Å².